The van der Waals surface area contributed by atoms with Gasteiger partial charge in [0, 0.05) is 12.1 Å². The van der Waals surface area contributed by atoms with Gasteiger partial charge in [-0.1, -0.05) is 0 Å². The fourth-order valence-corrected chi connectivity index (χ4v) is 1.53. The first-order chi connectivity index (χ1) is 8.17. The largest absolute Gasteiger partial charge is 0.496 e. The monoisotopic (exact) mass is 275 g/mol. The Morgan fingerprint density at radius 3 is 1.94 bits per heavy atom. The molecule has 0 aliphatic rings. The summed E-state index contributed by atoms with van der Waals surface area (Å²) in [6, 6.07) is 3.32. The van der Waals surface area contributed by atoms with Crippen LogP contribution in [0.4, 0.5) is 0 Å². The Hall–Kier alpha value is -1.46. The van der Waals surface area contributed by atoms with Gasteiger partial charge in [-0.3, -0.25) is 4.79 Å². The van der Waals surface area contributed by atoms with E-state index < -0.39 is 0 Å². The average molecular weight is 276 g/mol. The maximum Gasteiger partial charge on any atom is 0.184 e. The van der Waals surface area contributed by atoms with Crippen molar-refractivity contribution in [3.8, 4) is 17.2 Å². The van der Waals surface area contributed by atoms with Crippen LogP contribution in [-0.4, -0.2) is 40.7 Å². The molecule has 0 bridgehead atoms. The number of benzene rings is 1. The van der Waals surface area contributed by atoms with Crippen LogP contribution in [0.5, 0.6) is 17.2 Å². The van der Waals surface area contributed by atoms with E-state index in [0.717, 1.165) is 0 Å². The van der Waals surface area contributed by atoms with Crippen molar-refractivity contribution >= 4 is 18.2 Å². The highest BCUT2D eigenvalue weighted by molar-refractivity contribution is 6.03. The number of carbonyl (C=O) groups excluding carboxylic acids is 1. The van der Waals surface area contributed by atoms with E-state index in [9.17, 15) is 4.79 Å². The molecular formula is C12H18ClNO4. The van der Waals surface area contributed by atoms with Crippen molar-refractivity contribution in [2.75, 3.05) is 34.9 Å². The first kappa shape index (κ1) is 16.5. The van der Waals surface area contributed by atoms with Gasteiger partial charge in [-0.2, -0.15) is 0 Å². The van der Waals surface area contributed by atoms with E-state index in [1.165, 1.54) is 14.2 Å². The molecule has 0 amide bonds. The highest BCUT2D eigenvalue weighted by atomic mass is 35.5. The number of nitrogens with one attached hydrogen (secondary N) is 1. The number of methoxy groups -OCH3 is 3. The van der Waals surface area contributed by atoms with Crippen LogP contribution in [0.2, 0.25) is 0 Å². The minimum Gasteiger partial charge on any atom is -0.496 e. The van der Waals surface area contributed by atoms with Crippen LogP contribution in [0.1, 0.15) is 10.4 Å². The van der Waals surface area contributed by atoms with Crippen molar-refractivity contribution in [2.45, 2.75) is 0 Å². The fourth-order valence-electron chi connectivity index (χ4n) is 1.53. The highest BCUT2D eigenvalue weighted by Gasteiger charge is 2.19. The zero-order chi connectivity index (χ0) is 12.8. The van der Waals surface area contributed by atoms with E-state index >= 15 is 0 Å². The first-order valence-electron chi connectivity index (χ1n) is 5.15. The van der Waals surface area contributed by atoms with Crippen molar-refractivity contribution in [3.63, 3.8) is 0 Å². The van der Waals surface area contributed by atoms with Crippen LogP contribution in [0, 0.1) is 0 Å². The van der Waals surface area contributed by atoms with Gasteiger partial charge in [-0.25, -0.2) is 0 Å². The second-order valence-corrected chi connectivity index (χ2v) is 3.36. The van der Waals surface area contributed by atoms with Crippen molar-refractivity contribution in [3.05, 3.63) is 17.7 Å². The number of rotatable bonds is 6. The summed E-state index contributed by atoms with van der Waals surface area (Å²) in [6.07, 6.45) is 0. The predicted molar refractivity (Wildman–Crippen MR) is 71.6 cm³/mol. The third kappa shape index (κ3) is 3.51. The molecule has 0 spiro atoms. The summed E-state index contributed by atoms with van der Waals surface area (Å²) in [6.45, 7) is 0.221. The molecule has 6 heteroatoms. The Morgan fingerprint density at radius 2 is 1.61 bits per heavy atom. The van der Waals surface area contributed by atoms with Gasteiger partial charge in [0.15, 0.2) is 5.78 Å². The summed E-state index contributed by atoms with van der Waals surface area (Å²) in [7, 11) is 6.26. The Bertz CT molecular complexity index is 384. The molecule has 0 heterocycles. The lowest BCUT2D eigenvalue weighted by Gasteiger charge is -2.13. The fraction of sp³-hybridized carbons (Fsp3) is 0.417. The van der Waals surface area contributed by atoms with Gasteiger partial charge in [0.1, 0.15) is 22.8 Å². The van der Waals surface area contributed by atoms with E-state index in [-0.39, 0.29) is 24.7 Å². The lowest BCUT2D eigenvalue weighted by atomic mass is 10.1. The molecule has 1 N–H and O–H groups in total. The van der Waals surface area contributed by atoms with E-state index in [1.54, 1.807) is 26.3 Å². The molecule has 0 fully saturated rings. The summed E-state index contributed by atoms with van der Waals surface area (Å²) >= 11 is 0. The second kappa shape index (κ2) is 7.79. The Labute approximate surface area is 113 Å². The van der Waals surface area contributed by atoms with Gasteiger partial charge in [0.05, 0.1) is 27.9 Å². The second-order valence-electron chi connectivity index (χ2n) is 3.36. The zero-order valence-corrected chi connectivity index (χ0v) is 11.7. The lowest BCUT2D eigenvalue weighted by Crippen LogP contribution is -2.20. The number of Topliss-reactive ketones (excluding diaryl/α,β-unsaturated/α-hetero) is 1. The Balaban J connectivity index is 0.00000289. The van der Waals surface area contributed by atoms with Gasteiger partial charge in [-0.05, 0) is 7.05 Å². The van der Waals surface area contributed by atoms with Gasteiger partial charge in [0.25, 0.3) is 0 Å². The van der Waals surface area contributed by atoms with E-state index in [4.69, 9.17) is 14.2 Å². The summed E-state index contributed by atoms with van der Waals surface area (Å²) in [5.74, 6) is 1.38. The quantitative estimate of drug-likeness (QED) is 0.798. The number of likely N-dealkylation sites (N-methyl/N-ethyl adjacent to an activating group) is 1. The molecule has 0 saturated carbocycles. The topological polar surface area (TPSA) is 56.8 Å². The van der Waals surface area contributed by atoms with Crippen LogP contribution in [0.3, 0.4) is 0 Å². The zero-order valence-electron chi connectivity index (χ0n) is 10.9. The number of hydrogen-bond acceptors (Lipinski definition) is 5. The third-order valence-electron chi connectivity index (χ3n) is 2.33. The first-order valence-corrected chi connectivity index (χ1v) is 5.15. The van der Waals surface area contributed by atoms with E-state index in [2.05, 4.69) is 5.32 Å². The van der Waals surface area contributed by atoms with Crippen LogP contribution in [0.25, 0.3) is 0 Å². The number of halogens is 1. The van der Waals surface area contributed by atoms with Crippen LogP contribution < -0.4 is 19.5 Å². The summed E-state index contributed by atoms with van der Waals surface area (Å²) < 4.78 is 15.5. The molecule has 0 aliphatic heterocycles. The number of hydrogen-bond donors (Lipinski definition) is 1. The normalized spacial score (nSPS) is 9.33. The van der Waals surface area contributed by atoms with Gasteiger partial charge < -0.3 is 19.5 Å². The molecule has 102 valence electrons. The maximum absolute atomic E-state index is 11.9. The van der Waals surface area contributed by atoms with Crippen LogP contribution >= 0.6 is 12.4 Å². The van der Waals surface area contributed by atoms with Crippen LogP contribution in [0.15, 0.2) is 12.1 Å². The third-order valence-corrected chi connectivity index (χ3v) is 2.33. The minimum atomic E-state index is -0.0937. The van der Waals surface area contributed by atoms with Gasteiger partial charge in [-0.15, -0.1) is 12.4 Å². The smallest absolute Gasteiger partial charge is 0.184 e. The highest BCUT2D eigenvalue weighted by Crippen LogP contribution is 2.34. The SMILES string of the molecule is CNCC(=O)c1c(OC)cc(OC)cc1OC.Cl. The molecule has 0 atom stereocenters. The number of carbonyl (C=O) groups is 1. The van der Waals surface area contributed by atoms with Crippen molar-refractivity contribution in [1.29, 1.82) is 0 Å². The molecular weight excluding hydrogens is 258 g/mol. The summed E-state index contributed by atoms with van der Waals surface area (Å²) in [5.41, 5.74) is 0.421. The van der Waals surface area contributed by atoms with Crippen molar-refractivity contribution in [2.24, 2.45) is 0 Å². The molecule has 0 saturated heterocycles. The Morgan fingerprint density at radius 1 is 1.11 bits per heavy atom. The summed E-state index contributed by atoms with van der Waals surface area (Å²) in [5, 5.41) is 2.81. The van der Waals surface area contributed by atoms with E-state index in [0.29, 0.717) is 22.8 Å². The molecule has 1 rings (SSSR count). The molecule has 0 aliphatic carbocycles. The molecule has 1 aromatic rings. The molecule has 0 radical (unpaired) electrons. The van der Waals surface area contributed by atoms with Crippen molar-refractivity contribution in [1.82, 2.24) is 5.32 Å². The molecule has 0 unspecified atom stereocenters. The molecule has 5 nitrogen and oxygen atoms in total. The maximum atomic E-state index is 11.9. The molecule has 0 aromatic heterocycles. The molecule has 18 heavy (non-hydrogen) atoms. The van der Waals surface area contributed by atoms with Gasteiger partial charge in [0.2, 0.25) is 0 Å². The number of ether oxygens (including phenoxy) is 3. The standard InChI is InChI=1S/C12H17NO4.ClH/c1-13-7-9(14)12-10(16-3)5-8(15-2)6-11(12)17-4;/h5-6,13H,7H2,1-4H3;1H. The number of ketones is 1. The average Bonchev–Trinajstić information content (AvgIpc) is 2.37. The minimum absolute atomic E-state index is 0. The Kier molecular flexibility index (Phi) is 7.16. The summed E-state index contributed by atoms with van der Waals surface area (Å²) in [4.78, 5) is 11.9. The van der Waals surface area contributed by atoms with Crippen LogP contribution in [-0.2, 0) is 0 Å². The van der Waals surface area contributed by atoms with Crippen molar-refractivity contribution < 1.29 is 19.0 Å². The lowest BCUT2D eigenvalue weighted by molar-refractivity contribution is 0.0987. The van der Waals surface area contributed by atoms with Gasteiger partial charge >= 0.3 is 0 Å². The van der Waals surface area contributed by atoms with E-state index in [1.807, 2.05) is 0 Å². The molecule has 1 aromatic carbocycles. The predicted octanol–water partition coefficient (Wildman–Crippen LogP) is 1.54.